The highest BCUT2D eigenvalue weighted by molar-refractivity contribution is 6.30. The molecule has 1 heterocycles. The Morgan fingerprint density at radius 2 is 1.95 bits per heavy atom. The third-order valence-electron chi connectivity index (χ3n) is 4.30. The van der Waals surface area contributed by atoms with E-state index in [1.54, 1.807) is 0 Å². The first-order valence-corrected chi connectivity index (χ1v) is 8.31. The van der Waals surface area contributed by atoms with Crippen LogP contribution in [0.15, 0.2) is 24.3 Å². The molecule has 4 nitrogen and oxygen atoms in total. The van der Waals surface area contributed by atoms with E-state index in [1.807, 2.05) is 24.3 Å². The minimum atomic E-state index is -0.447. The highest BCUT2D eigenvalue weighted by Gasteiger charge is 2.22. The van der Waals surface area contributed by atoms with Gasteiger partial charge >= 0.3 is 0 Å². The number of aliphatic hydroxyl groups is 1. The Kier molecular flexibility index (Phi) is 7.12. The lowest BCUT2D eigenvalue weighted by Crippen LogP contribution is -2.45. The number of hydrogen-bond donors (Lipinski definition) is 1. The first kappa shape index (κ1) is 17.7. The minimum Gasteiger partial charge on any atom is -0.389 e. The zero-order valence-corrected chi connectivity index (χ0v) is 14.3. The van der Waals surface area contributed by atoms with Gasteiger partial charge in [0, 0.05) is 17.6 Å². The molecule has 5 heteroatoms. The van der Waals surface area contributed by atoms with E-state index in [2.05, 4.69) is 23.9 Å². The number of benzene rings is 1. The second-order valence-electron chi connectivity index (χ2n) is 6.27. The zero-order valence-electron chi connectivity index (χ0n) is 13.5. The molecule has 1 N–H and O–H groups in total. The van der Waals surface area contributed by atoms with Crippen molar-refractivity contribution < 1.29 is 9.84 Å². The van der Waals surface area contributed by atoms with E-state index in [9.17, 15) is 5.11 Å². The molecule has 0 bridgehead atoms. The van der Waals surface area contributed by atoms with Crippen molar-refractivity contribution in [2.45, 2.75) is 31.6 Å². The third-order valence-corrected chi connectivity index (χ3v) is 4.55. The van der Waals surface area contributed by atoms with Gasteiger partial charge in [0.2, 0.25) is 0 Å². The maximum absolute atomic E-state index is 10.1. The van der Waals surface area contributed by atoms with E-state index in [1.165, 1.54) is 12.8 Å². The summed E-state index contributed by atoms with van der Waals surface area (Å²) in [6, 6.07) is 8.16. The molecule has 1 fully saturated rings. The molecule has 0 aromatic heterocycles. The monoisotopic (exact) mass is 326 g/mol. The Bertz CT molecular complexity index is 433. The standard InChI is InChI=1S/C17H27ClN2O2/c1-19-9-7-16(8-10-19)20(2)11-17(21)13-22-12-14-3-5-15(18)6-4-14/h3-6,16-17,21H,7-13H2,1-2H3. The van der Waals surface area contributed by atoms with Crippen LogP contribution in [0.5, 0.6) is 0 Å². The van der Waals surface area contributed by atoms with Gasteiger partial charge in [0.25, 0.3) is 0 Å². The topological polar surface area (TPSA) is 35.9 Å². The molecule has 0 amide bonds. The van der Waals surface area contributed by atoms with Crippen molar-refractivity contribution in [3.8, 4) is 0 Å². The highest BCUT2D eigenvalue weighted by Crippen LogP contribution is 2.14. The average molecular weight is 327 g/mol. The average Bonchev–Trinajstić information content (AvgIpc) is 2.50. The second kappa shape index (κ2) is 8.85. The fourth-order valence-electron chi connectivity index (χ4n) is 2.86. The Morgan fingerprint density at radius 3 is 2.59 bits per heavy atom. The summed E-state index contributed by atoms with van der Waals surface area (Å²) in [6.45, 7) is 3.80. The van der Waals surface area contributed by atoms with Crippen LogP contribution in [-0.4, -0.2) is 67.4 Å². The van der Waals surface area contributed by atoms with Gasteiger partial charge in [-0.05, 0) is 57.7 Å². The number of likely N-dealkylation sites (N-methyl/N-ethyl adjacent to an activating group) is 1. The fourth-order valence-corrected chi connectivity index (χ4v) is 2.99. The number of likely N-dealkylation sites (tertiary alicyclic amines) is 1. The smallest absolute Gasteiger partial charge is 0.0900 e. The largest absolute Gasteiger partial charge is 0.389 e. The molecular weight excluding hydrogens is 300 g/mol. The van der Waals surface area contributed by atoms with Gasteiger partial charge in [0.1, 0.15) is 0 Å². The molecule has 1 aromatic rings. The van der Waals surface area contributed by atoms with Crippen molar-refractivity contribution >= 4 is 11.6 Å². The highest BCUT2D eigenvalue weighted by atomic mass is 35.5. The minimum absolute atomic E-state index is 0.361. The van der Waals surface area contributed by atoms with E-state index in [-0.39, 0.29) is 0 Å². The van der Waals surface area contributed by atoms with Gasteiger partial charge in [-0.25, -0.2) is 0 Å². The number of rotatable bonds is 7. The van der Waals surface area contributed by atoms with Crippen molar-refractivity contribution in [3.63, 3.8) is 0 Å². The molecule has 124 valence electrons. The molecule has 22 heavy (non-hydrogen) atoms. The Hall–Kier alpha value is -0.650. The number of hydrogen-bond acceptors (Lipinski definition) is 4. The van der Waals surface area contributed by atoms with Crippen molar-refractivity contribution in [1.82, 2.24) is 9.80 Å². The van der Waals surface area contributed by atoms with Crippen molar-refractivity contribution in [3.05, 3.63) is 34.9 Å². The van der Waals surface area contributed by atoms with Crippen LogP contribution in [0.1, 0.15) is 18.4 Å². The van der Waals surface area contributed by atoms with Gasteiger partial charge in [-0.15, -0.1) is 0 Å². The first-order valence-electron chi connectivity index (χ1n) is 7.93. The quantitative estimate of drug-likeness (QED) is 0.833. The predicted molar refractivity (Wildman–Crippen MR) is 90.3 cm³/mol. The zero-order chi connectivity index (χ0) is 15.9. The maximum Gasteiger partial charge on any atom is 0.0900 e. The lowest BCUT2D eigenvalue weighted by molar-refractivity contribution is 0.00282. The summed E-state index contributed by atoms with van der Waals surface area (Å²) >= 11 is 5.85. The summed E-state index contributed by atoms with van der Waals surface area (Å²) in [5.41, 5.74) is 1.07. The van der Waals surface area contributed by atoms with Gasteiger partial charge in [-0.1, -0.05) is 23.7 Å². The lowest BCUT2D eigenvalue weighted by atomic mass is 10.0. The van der Waals surface area contributed by atoms with E-state index in [0.29, 0.717) is 25.8 Å². The van der Waals surface area contributed by atoms with E-state index < -0.39 is 6.10 Å². The molecule has 1 aromatic carbocycles. The van der Waals surface area contributed by atoms with Crippen LogP contribution < -0.4 is 0 Å². The molecule has 1 atom stereocenters. The molecule has 0 spiro atoms. The summed E-state index contributed by atoms with van der Waals surface area (Å²) in [5.74, 6) is 0. The first-order chi connectivity index (χ1) is 10.5. The third kappa shape index (κ3) is 5.86. The van der Waals surface area contributed by atoms with E-state index in [0.717, 1.165) is 23.7 Å². The Labute approximate surface area is 138 Å². The van der Waals surface area contributed by atoms with E-state index >= 15 is 0 Å². The Morgan fingerprint density at radius 1 is 1.32 bits per heavy atom. The summed E-state index contributed by atoms with van der Waals surface area (Å²) in [4.78, 5) is 4.62. The second-order valence-corrected chi connectivity index (χ2v) is 6.71. The molecule has 1 aliphatic heterocycles. The SMILES string of the molecule is CN1CCC(N(C)CC(O)COCc2ccc(Cl)cc2)CC1. The predicted octanol–water partition coefficient (Wildman–Crippen LogP) is 2.24. The van der Waals surface area contributed by atoms with Crippen LogP contribution in [0.25, 0.3) is 0 Å². The maximum atomic E-state index is 10.1. The van der Waals surface area contributed by atoms with Crippen LogP contribution in [-0.2, 0) is 11.3 Å². The molecule has 2 rings (SSSR count). The molecule has 1 unspecified atom stereocenters. The van der Waals surface area contributed by atoms with Crippen molar-refractivity contribution in [2.75, 3.05) is 40.3 Å². The summed E-state index contributed by atoms with van der Waals surface area (Å²) < 4.78 is 5.60. The summed E-state index contributed by atoms with van der Waals surface area (Å²) in [5, 5.41) is 10.9. The number of aliphatic hydroxyl groups excluding tert-OH is 1. The van der Waals surface area contributed by atoms with Crippen molar-refractivity contribution in [2.24, 2.45) is 0 Å². The van der Waals surface area contributed by atoms with Gasteiger partial charge in [0.05, 0.1) is 19.3 Å². The van der Waals surface area contributed by atoms with Crippen LogP contribution in [0.2, 0.25) is 5.02 Å². The Balaban J connectivity index is 1.64. The van der Waals surface area contributed by atoms with E-state index in [4.69, 9.17) is 16.3 Å². The fraction of sp³-hybridized carbons (Fsp3) is 0.647. The van der Waals surface area contributed by atoms with Gasteiger partial charge < -0.3 is 19.6 Å². The molecule has 0 aliphatic carbocycles. The molecule has 0 radical (unpaired) electrons. The number of ether oxygens (including phenoxy) is 1. The van der Waals surface area contributed by atoms with Gasteiger partial charge in [-0.2, -0.15) is 0 Å². The number of nitrogens with zero attached hydrogens (tertiary/aromatic N) is 2. The van der Waals surface area contributed by atoms with Crippen LogP contribution in [0.3, 0.4) is 0 Å². The number of piperidine rings is 1. The van der Waals surface area contributed by atoms with Crippen LogP contribution in [0.4, 0.5) is 0 Å². The molecular formula is C17H27ClN2O2. The summed E-state index contributed by atoms with van der Waals surface area (Å²) in [6.07, 6.45) is 1.90. The van der Waals surface area contributed by atoms with Gasteiger partial charge in [-0.3, -0.25) is 0 Å². The normalized spacial score (nSPS) is 18.8. The van der Waals surface area contributed by atoms with Crippen molar-refractivity contribution in [1.29, 1.82) is 0 Å². The van der Waals surface area contributed by atoms with Gasteiger partial charge in [0.15, 0.2) is 0 Å². The molecule has 1 saturated heterocycles. The van der Waals surface area contributed by atoms with Crippen LogP contribution in [0, 0.1) is 0 Å². The molecule has 1 aliphatic rings. The lowest BCUT2D eigenvalue weighted by Gasteiger charge is -2.35. The molecule has 0 saturated carbocycles. The number of halogens is 1. The van der Waals surface area contributed by atoms with Crippen LogP contribution >= 0.6 is 11.6 Å². The summed E-state index contributed by atoms with van der Waals surface area (Å²) in [7, 11) is 4.26.